The molecule has 0 fully saturated rings. The van der Waals surface area contributed by atoms with Crippen molar-refractivity contribution in [2.45, 2.75) is 38.6 Å². The number of rotatable bonds is 5. The number of anilines is 1. The minimum atomic E-state index is -0.582. The predicted octanol–water partition coefficient (Wildman–Crippen LogP) is 2.55. The van der Waals surface area contributed by atoms with Gasteiger partial charge in [-0.15, -0.1) is 11.3 Å². The van der Waals surface area contributed by atoms with E-state index in [1.54, 1.807) is 11.3 Å². The van der Waals surface area contributed by atoms with Gasteiger partial charge < -0.3 is 10.1 Å². The molecule has 29 heavy (non-hydrogen) atoms. The zero-order valence-corrected chi connectivity index (χ0v) is 16.8. The number of hydrogen-bond donors (Lipinski definition) is 1. The maximum atomic E-state index is 12.9. The van der Waals surface area contributed by atoms with Crippen molar-refractivity contribution in [3.05, 3.63) is 51.1 Å². The fourth-order valence-corrected chi connectivity index (χ4v) is 4.77. The van der Waals surface area contributed by atoms with Crippen molar-refractivity contribution in [1.29, 1.82) is 0 Å². The molecule has 0 radical (unpaired) electrons. The molecule has 150 valence electrons. The summed E-state index contributed by atoms with van der Waals surface area (Å²) in [6, 6.07) is 1.53. The Morgan fingerprint density at radius 3 is 2.97 bits per heavy atom. The third kappa shape index (κ3) is 3.77. The third-order valence-electron chi connectivity index (χ3n) is 5.02. The average Bonchev–Trinajstić information content (AvgIpc) is 3.12. The van der Waals surface area contributed by atoms with Gasteiger partial charge in [-0.2, -0.15) is 0 Å². The third-order valence-corrected chi connectivity index (χ3v) is 6.22. The van der Waals surface area contributed by atoms with Gasteiger partial charge in [0.05, 0.1) is 24.5 Å². The van der Waals surface area contributed by atoms with Crippen LogP contribution in [-0.2, 0) is 28.9 Å². The summed E-state index contributed by atoms with van der Waals surface area (Å²) in [5.41, 5.74) is 1.53. The highest BCUT2D eigenvalue weighted by Gasteiger charge is 2.20. The Labute approximate surface area is 170 Å². The Morgan fingerprint density at radius 2 is 2.14 bits per heavy atom. The lowest BCUT2D eigenvalue weighted by Gasteiger charge is -2.11. The topological polar surface area (TPSA) is 103 Å². The van der Waals surface area contributed by atoms with Crippen molar-refractivity contribution < 1.29 is 14.3 Å². The Morgan fingerprint density at radius 1 is 1.31 bits per heavy atom. The first-order valence-corrected chi connectivity index (χ1v) is 10.2. The Kier molecular flexibility index (Phi) is 5.39. The number of nitrogens with one attached hydrogen (secondary N) is 1. The molecule has 1 N–H and O–H groups in total. The fourth-order valence-electron chi connectivity index (χ4n) is 3.55. The molecule has 3 aromatic rings. The average molecular weight is 412 g/mol. The molecule has 9 heteroatoms. The summed E-state index contributed by atoms with van der Waals surface area (Å²) < 4.78 is 6.18. The van der Waals surface area contributed by atoms with Crippen molar-refractivity contribution in [3.63, 3.8) is 0 Å². The molecule has 4 rings (SSSR count). The lowest BCUT2D eigenvalue weighted by molar-refractivity contribution is -0.116. The number of aryl methyl sites for hydroxylation is 3. The lowest BCUT2D eigenvalue weighted by Crippen LogP contribution is -2.24. The van der Waals surface area contributed by atoms with Gasteiger partial charge in [0.15, 0.2) is 0 Å². The van der Waals surface area contributed by atoms with Crippen molar-refractivity contribution in [2.24, 2.45) is 0 Å². The summed E-state index contributed by atoms with van der Waals surface area (Å²) >= 11 is 1.60. The molecule has 0 saturated carbocycles. The lowest BCUT2D eigenvalue weighted by atomic mass is 9.97. The van der Waals surface area contributed by atoms with Gasteiger partial charge in [0.1, 0.15) is 10.4 Å². The van der Waals surface area contributed by atoms with Crippen LogP contribution in [0, 0.1) is 0 Å². The monoisotopic (exact) mass is 412 g/mol. The fraction of sp³-hybridized carbons (Fsp3) is 0.350. The van der Waals surface area contributed by atoms with E-state index in [1.165, 1.54) is 41.3 Å². The molecule has 0 aliphatic heterocycles. The summed E-state index contributed by atoms with van der Waals surface area (Å²) in [5.74, 6) is -0.901. The molecule has 1 amide bonds. The van der Waals surface area contributed by atoms with Crippen molar-refractivity contribution in [2.75, 3.05) is 12.4 Å². The Hall–Kier alpha value is -3.07. The van der Waals surface area contributed by atoms with Crippen LogP contribution >= 0.6 is 11.3 Å². The normalized spacial score (nSPS) is 13.1. The molecule has 8 nitrogen and oxygen atoms in total. The number of methoxy groups -OCH3 is 1. The molecular formula is C20H20N4O4S. The number of amides is 1. The molecular weight excluding hydrogens is 392 g/mol. The number of fused-ring (bicyclic) bond motifs is 3. The standard InChI is InChI=1S/C20H20N4O4S/c1-28-20(27)13-10-21-8-6-14(13)23-16(25)7-9-24-11-22-18-17(19(24)26)12-4-2-3-5-15(12)29-18/h6,8,10-11H,2-5,7,9H2,1H3,(H,21,23,25). The zero-order valence-electron chi connectivity index (χ0n) is 15.9. The van der Waals surface area contributed by atoms with E-state index >= 15 is 0 Å². The van der Waals surface area contributed by atoms with Crippen LogP contribution in [-0.4, -0.2) is 33.5 Å². The maximum absolute atomic E-state index is 12.9. The molecule has 1 aliphatic rings. The van der Waals surface area contributed by atoms with Gasteiger partial charge in [-0.1, -0.05) is 0 Å². The predicted molar refractivity (Wildman–Crippen MR) is 109 cm³/mol. The van der Waals surface area contributed by atoms with Crippen LogP contribution in [0.25, 0.3) is 10.2 Å². The maximum Gasteiger partial charge on any atom is 0.341 e. The largest absolute Gasteiger partial charge is 0.465 e. The van der Waals surface area contributed by atoms with Gasteiger partial charge in [-0.25, -0.2) is 9.78 Å². The van der Waals surface area contributed by atoms with Crippen LogP contribution in [0.5, 0.6) is 0 Å². The Balaban J connectivity index is 1.50. The number of pyridine rings is 1. The summed E-state index contributed by atoms with van der Waals surface area (Å²) in [6.07, 6.45) is 8.55. The van der Waals surface area contributed by atoms with E-state index in [2.05, 4.69) is 15.3 Å². The van der Waals surface area contributed by atoms with Crippen LogP contribution < -0.4 is 10.9 Å². The number of esters is 1. The molecule has 0 atom stereocenters. The Bertz CT molecular complexity index is 1150. The first kappa shape index (κ1) is 19.3. The number of carbonyl (C=O) groups excluding carboxylic acids is 2. The minimum Gasteiger partial charge on any atom is -0.465 e. The number of aromatic nitrogens is 3. The van der Waals surface area contributed by atoms with E-state index in [1.807, 2.05) is 0 Å². The van der Waals surface area contributed by atoms with E-state index in [0.717, 1.165) is 36.1 Å². The van der Waals surface area contributed by atoms with Crippen LogP contribution in [0.2, 0.25) is 0 Å². The summed E-state index contributed by atoms with van der Waals surface area (Å²) in [4.78, 5) is 47.5. The van der Waals surface area contributed by atoms with Crippen LogP contribution in [0.15, 0.2) is 29.6 Å². The quantitative estimate of drug-likeness (QED) is 0.646. The number of thiophene rings is 1. The number of hydrogen-bond acceptors (Lipinski definition) is 7. The molecule has 3 aromatic heterocycles. The van der Waals surface area contributed by atoms with E-state index in [-0.39, 0.29) is 30.0 Å². The molecule has 0 spiro atoms. The molecule has 3 heterocycles. The number of ether oxygens (including phenoxy) is 1. The van der Waals surface area contributed by atoms with E-state index in [0.29, 0.717) is 11.1 Å². The first-order valence-electron chi connectivity index (χ1n) is 9.40. The van der Waals surface area contributed by atoms with Crippen molar-refractivity contribution in [1.82, 2.24) is 14.5 Å². The smallest absolute Gasteiger partial charge is 0.341 e. The van der Waals surface area contributed by atoms with Crippen molar-refractivity contribution >= 4 is 39.1 Å². The second-order valence-corrected chi connectivity index (χ2v) is 7.93. The summed E-state index contributed by atoms with van der Waals surface area (Å²) in [6.45, 7) is 0.205. The van der Waals surface area contributed by atoms with Crippen molar-refractivity contribution in [3.8, 4) is 0 Å². The van der Waals surface area contributed by atoms with E-state index < -0.39 is 5.97 Å². The molecule has 1 aliphatic carbocycles. The first-order chi connectivity index (χ1) is 14.1. The van der Waals surface area contributed by atoms with E-state index in [9.17, 15) is 14.4 Å². The SMILES string of the molecule is COC(=O)c1cnccc1NC(=O)CCn1cnc2sc3c(c2c1=O)CCCC3. The van der Waals surface area contributed by atoms with Gasteiger partial charge in [0.25, 0.3) is 5.56 Å². The molecule has 0 unspecified atom stereocenters. The molecule has 0 saturated heterocycles. The second kappa shape index (κ2) is 8.12. The van der Waals surface area contributed by atoms with Crippen LogP contribution in [0.4, 0.5) is 5.69 Å². The van der Waals surface area contributed by atoms with Crippen LogP contribution in [0.1, 0.15) is 40.1 Å². The van der Waals surface area contributed by atoms with Gasteiger partial charge in [-0.3, -0.25) is 19.1 Å². The van der Waals surface area contributed by atoms with Gasteiger partial charge in [0, 0.05) is 30.2 Å². The molecule has 0 bridgehead atoms. The number of nitrogens with zero attached hydrogens (tertiary/aromatic N) is 3. The second-order valence-electron chi connectivity index (χ2n) is 6.85. The summed E-state index contributed by atoms with van der Waals surface area (Å²) in [5, 5.41) is 3.39. The van der Waals surface area contributed by atoms with Gasteiger partial charge in [0.2, 0.25) is 5.91 Å². The van der Waals surface area contributed by atoms with Crippen LogP contribution in [0.3, 0.4) is 0 Å². The minimum absolute atomic E-state index is 0.0718. The number of carbonyl (C=O) groups is 2. The molecule has 0 aromatic carbocycles. The van der Waals surface area contributed by atoms with Gasteiger partial charge in [-0.05, 0) is 37.3 Å². The highest BCUT2D eigenvalue weighted by molar-refractivity contribution is 7.18. The zero-order chi connectivity index (χ0) is 20.4. The highest BCUT2D eigenvalue weighted by atomic mass is 32.1. The highest BCUT2D eigenvalue weighted by Crippen LogP contribution is 2.33. The van der Waals surface area contributed by atoms with E-state index in [4.69, 9.17) is 4.74 Å². The van der Waals surface area contributed by atoms with Gasteiger partial charge >= 0.3 is 5.97 Å². The summed E-state index contributed by atoms with van der Waals surface area (Å²) in [7, 11) is 1.26.